The van der Waals surface area contributed by atoms with Crippen molar-refractivity contribution >= 4 is 6.21 Å². The second-order valence-electron chi connectivity index (χ2n) is 1.98. The van der Waals surface area contributed by atoms with Gasteiger partial charge in [-0.1, -0.05) is 25.3 Å². The van der Waals surface area contributed by atoms with Gasteiger partial charge in [0.05, 0.1) is 5.70 Å². The average molecular weight is 150 g/mol. The molecule has 60 valence electrons. The van der Waals surface area contributed by atoms with Crippen LogP contribution in [-0.4, -0.2) is 18.3 Å². The number of nitrogens with zero attached hydrogens (tertiary/aromatic N) is 2. The van der Waals surface area contributed by atoms with Crippen LogP contribution in [0.15, 0.2) is 42.2 Å². The minimum Gasteiger partial charge on any atom is -0.270 e. The Kier molecular flexibility index (Phi) is 4.82. The molecule has 0 amide bonds. The highest BCUT2D eigenvalue weighted by molar-refractivity contribution is 5.53. The minimum atomic E-state index is 0.836. The highest BCUT2D eigenvalue weighted by atomic mass is 15.4. The van der Waals surface area contributed by atoms with Gasteiger partial charge < -0.3 is 0 Å². The lowest BCUT2D eigenvalue weighted by atomic mass is 10.4. The molecule has 0 atom stereocenters. The number of hydrogen-bond acceptors (Lipinski definition) is 2. The van der Waals surface area contributed by atoms with Crippen molar-refractivity contribution < 1.29 is 0 Å². The fourth-order valence-electron chi connectivity index (χ4n) is 0.534. The van der Waals surface area contributed by atoms with Crippen LogP contribution in [0, 0.1) is 0 Å². The summed E-state index contributed by atoms with van der Waals surface area (Å²) in [5.74, 6) is 0. The van der Waals surface area contributed by atoms with Gasteiger partial charge in [0.25, 0.3) is 0 Å². The van der Waals surface area contributed by atoms with Crippen LogP contribution in [0.25, 0.3) is 0 Å². The molecule has 0 saturated heterocycles. The Labute approximate surface area is 68.2 Å². The summed E-state index contributed by atoms with van der Waals surface area (Å²) in [7, 11) is 1.84. The number of likely N-dealkylation sites (N-methyl/N-ethyl adjacent to an activating group) is 1. The van der Waals surface area contributed by atoms with E-state index in [0.29, 0.717) is 0 Å². The Morgan fingerprint density at radius 3 is 2.64 bits per heavy atom. The molecule has 0 N–H and O–H groups in total. The molecule has 0 aromatic carbocycles. The van der Waals surface area contributed by atoms with Crippen molar-refractivity contribution in [2.45, 2.75) is 6.92 Å². The van der Waals surface area contributed by atoms with E-state index < -0.39 is 0 Å². The van der Waals surface area contributed by atoms with Crippen LogP contribution in [0.1, 0.15) is 6.92 Å². The Balaban J connectivity index is 4.02. The quantitative estimate of drug-likeness (QED) is 0.341. The summed E-state index contributed by atoms with van der Waals surface area (Å²) in [4.78, 5) is 0. The van der Waals surface area contributed by atoms with E-state index in [4.69, 9.17) is 0 Å². The van der Waals surface area contributed by atoms with E-state index >= 15 is 0 Å². The van der Waals surface area contributed by atoms with Gasteiger partial charge in [-0.15, -0.1) is 0 Å². The maximum atomic E-state index is 4.00. The first-order valence-corrected chi connectivity index (χ1v) is 3.42. The van der Waals surface area contributed by atoms with E-state index in [1.807, 2.05) is 26.1 Å². The second kappa shape index (κ2) is 5.47. The Morgan fingerprint density at radius 1 is 1.55 bits per heavy atom. The lowest BCUT2D eigenvalue weighted by molar-refractivity contribution is 0.465. The van der Waals surface area contributed by atoms with Crippen molar-refractivity contribution in [2.24, 2.45) is 5.10 Å². The summed E-state index contributed by atoms with van der Waals surface area (Å²) < 4.78 is 0. The normalized spacial score (nSPS) is 10.7. The predicted molar refractivity (Wildman–Crippen MR) is 50.4 cm³/mol. The molecular formula is C9H14N2. The van der Waals surface area contributed by atoms with E-state index in [-0.39, 0.29) is 0 Å². The lowest BCUT2D eigenvalue weighted by Gasteiger charge is -2.10. The topological polar surface area (TPSA) is 15.6 Å². The molecule has 0 heterocycles. The smallest absolute Gasteiger partial charge is 0.0518 e. The molecule has 0 aromatic rings. The van der Waals surface area contributed by atoms with Crippen LogP contribution >= 0.6 is 0 Å². The van der Waals surface area contributed by atoms with Gasteiger partial charge in [-0.05, 0) is 13.0 Å². The van der Waals surface area contributed by atoms with Crippen molar-refractivity contribution in [1.82, 2.24) is 5.01 Å². The lowest BCUT2D eigenvalue weighted by Crippen LogP contribution is -2.06. The van der Waals surface area contributed by atoms with E-state index in [1.54, 1.807) is 17.3 Å². The molecule has 0 aliphatic rings. The van der Waals surface area contributed by atoms with Crippen molar-refractivity contribution in [2.75, 3.05) is 7.05 Å². The number of hydrazone groups is 1. The Bertz CT molecular complexity index is 190. The molecule has 11 heavy (non-hydrogen) atoms. The van der Waals surface area contributed by atoms with Crippen molar-refractivity contribution in [3.05, 3.63) is 37.1 Å². The molecule has 0 spiro atoms. The van der Waals surface area contributed by atoms with Gasteiger partial charge in [0.2, 0.25) is 0 Å². The number of allylic oxidation sites excluding steroid dienone is 3. The van der Waals surface area contributed by atoms with Crippen LogP contribution in [0.5, 0.6) is 0 Å². The standard InChI is InChI=1S/C9H14N2/c1-5-7-8-9(3)11(4)10-6-2/h5-8H,1,3H2,2,4H3/b8-7-,10-6-. The van der Waals surface area contributed by atoms with E-state index in [2.05, 4.69) is 18.3 Å². The molecule has 0 aliphatic carbocycles. The molecule has 2 heteroatoms. The van der Waals surface area contributed by atoms with Gasteiger partial charge >= 0.3 is 0 Å². The predicted octanol–water partition coefficient (Wildman–Crippen LogP) is 2.18. The van der Waals surface area contributed by atoms with Gasteiger partial charge in [0.1, 0.15) is 0 Å². The summed E-state index contributed by atoms with van der Waals surface area (Å²) in [6.07, 6.45) is 7.09. The van der Waals surface area contributed by atoms with Crippen LogP contribution < -0.4 is 0 Å². The first-order chi connectivity index (χ1) is 5.22. The number of hydrogen-bond donors (Lipinski definition) is 0. The highest BCUT2D eigenvalue weighted by Gasteiger charge is 1.90. The van der Waals surface area contributed by atoms with E-state index in [1.165, 1.54) is 0 Å². The van der Waals surface area contributed by atoms with E-state index in [0.717, 1.165) is 5.70 Å². The zero-order valence-electron chi connectivity index (χ0n) is 7.12. The van der Waals surface area contributed by atoms with Crippen LogP contribution in [-0.2, 0) is 0 Å². The highest BCUT2D eigenvalue weighted by Crippen LogP contribution is 1.99. The van der Waals surface area contributed by atoms with Gasteiger partial charge in [0.15, 0.2) is 0 Å². The first kappa shape index (κ1) is 9.69. The fraction of sp³-hybridized carbons (Fsp3) is 0.222. The maximum Gasteiger partial charge on any atom is 0.0518 e. The van der Waals surface area contributed by atoms with Crippen LogP contribution in [0.3, 0.4) is 0 Å². The molecule has 0 radical (unpaired) electrons. The van der Waals surface area contributed by atoms with Crippen molar-refractivity contribution in [3.63, 3.8) is 0 Å². The summed E-state index contributed by atoms with van der Waals surface area (Å²) in [6.45, 7) is 9.20. The third-order valence-corrected chi connectivity index (χ3v) is 1.13. The van der Waals surface area contributed by atoms with Gasteiger partial charge in [-0.3, -0.25) is 5.01 Å². The van der Waals surface area contributed by atoms with E-state index in [9.17, 15) is 0 Å². The largest absolute Gasteiger partial charge is 0.270 e. The summed E-state index contributed by atoms with van der Waals surface area (Å²) in [5.41, 5.74) is 0.836. The molecular weight excluding hydrogens is 136 g/mol. The monoisotopic (exact) mass is 150 g/mol. The Hall–Kier alpha value is -1.31. The summed E-state index contributed by atoms with van der Waals surface area (Å²) in [5, 5.41) is 5.70. The molecule has 2 nitrogen and oxygen atoms in total. The molecule has 0 unspecified atom stereocenters. The molecule has 0 rings (SSSR count). The molecule has 0 aromatic heterocycles. The molecule has 0 bridgehead atoms. The zero-order chi connectivity index (χ0) is 8.69. The molecule has 0 saturated carbocycles. The van der Waals surface area contributed by atoms with Crippen molar-refractivity contribution in [1.29, 1.82) is 0 Å². The SMILES string of the molecule is C=C/C=C\C(=C)N(C)/N=C\C. The van der Waals surface area contributed by atoms with Gasteiger partial charge in [0, 0.05) is 13.3 Å². The van der Waals surface area contributed by atoms with Gasteiger partial charge in [-0.2, -0.15) is 5.10 Å². The minimum absolute atomic E-state index is 0.836. The Morgan fingerprint density at radius 2 is 2.18 bits per heavy atom. The third-order valence-electron chi connectivity index (χ3n) is 1.13. The third kappa shape index (κ3) is 4.14. The average Bonchev–Trinajstić information content (AvgIpc) is 2.00. The summed E-state index contributed by atoms with van der Waals surface area (Å²) in [6, 6.07) is 0. The fourth-order valence-corrected chi connectivity index (χ4v) is 0.534. The first-order valence-electron chi connectivity index (χ1n) is 3.42. The number of rotatable bonds is 4. The maximum absolute atomic E-state index is 4.00. The molecule has 0 aliphatic heterocycles. The second-order valence-corrected chi connectivity index (χ2v) is 1.98. The molecule has 0 fully saturated rings. The van der Waals surface area contributed by atoms with Crippen molar-refractivity contribution in [3.8, 4) is 0 Å². The van der Waals surface area contributed by atoms with Gasteiger partial charge in [-0.25, -0.2) is 0 Å². The zero-order valence-corrected chi connectivity index (χ0v) is 7.12. The van der Waals surface area contributed by atoms with Crippen LogP contribution in [0.2, 0.25) is 0 Å². The summed E-state index contributed by atoms with van der Waals surface area (Å²) >= 11 is 0. The van der Waals surface area contributed by atoms with Crippen LogP contribution in [0.4, 0.5) is 0 Å².